The highest BCUT2D eigenvalue weighted by Gasteiger charge is 2.22. The number of Topliss-reactive ketones (excluding diaryl/α,β-unsaturated/α-hetero) is 1. The third kappa shape index (κ3) is 5.53. The third-order valence-electron chi connectivity index (χ3n) is 4.54. The fourth-order valence-electron chi connectivity index (χ4n) is 2.85. The molecule has 0 radical (unpaired) electrons. The van der Waals surface area contributed by atoms with Gasteiger partial charge in [0, 0.05) is 17.7 Å². The van der Waals surface area contributed by atoms with E-state index >= 15 is 0 Å². The average molecular weight is 488 g/mol. The number of benzene rings is 3. The Bertz CT molecular complexity index is 1370. The van der Waals surface area contributed by atoms with E-state index in [0.717, 1.165) is 24.3 Å². The molecular formula is C22H17FN2O8S. The molecule has 3 aromatic rings. The Kier molecular flexibility index (Phi) is 7.21. The Balaban J connectivity index is 1.76. The van der Waals surface area contributed by atoms with Crippen molar-refractivity contribution in [3.8, 4) is 5.75 Å². The lowest BCUT2D eigenvalue weighted by molar-refractivity contribution is -0.385. The van der Waals surface area contributed by atoms with Gasteiger partial charge in [-0.05, 0) is 36.4 Å². The van der Waals surface area contributed by atoms with Crippen LogP contribution in [0.25, 0.3) is 0 Å². The molecule has 34 heavy (non-hydrogen) atoms. The molecule has 0 saturated carbocycles. The van der Waals surface area contributed by atoms with Crippen molar-refractivity contribution < 1.29 is 36.8 Å². The van der Waals surface area contributed by atoms with Crippen LogP contribution in [0.1, 0.15) is 20.7 Å². The van der Waals surface area contributed by atoms with Gasteiger partial charge in [-0.1, -0.05) is 18.2 Å². The maximum atomic E-state index is 13.8. The molecule has 0 heterocycles. The Morgan fingerprint density at radius 1 is 1.06 bits per heavy atom. The van der Waals surface area contributed by atoms with Crippen molar-refractivity contribution in [1.82, 2.24) is 0 Å². The minimum atomic E-state index is -4.29. The number of halogens is 1. The molecule has 10 nitrogen and oxygen atoms in total. The van der Waals surface area contributed by atoms with Crippen LogP contribution in [-0.2, 0) is 14.8 Å². The van der Waals surface area contributed by atoms with E-state index in [2.05, 4.69) is 4.72 Å². The van der Waals surface area contributed by atoms with E-state index in [1.54, 1.807) is 0 Å². The zero-order valence-electron chi connectivity index (χ0n) is 17.6. The topological polar surface area (TPSA) is 142 Å². The Morgan fingerprint density at radius 2 is 1.79 bits per heavy atom. The monoisotopic (exact) mass is 488 g/mol. The molecule has 0 amide bonds. The van der Waals surface area contributed by atoms with Gasteiger partial charge < -0.3 is 9.47 Å². The molecule has 0 aromatic heterocycles. The van der Waals surface area contributed by atoms with Gasteiger partial charge in [-0.25, -0.2) is 17.6 Å². The summed E-state index contributed by atoms with van der Waals surface area (Å²) in [7, 11) is -3.02. The quantitative estimate of drug-likeness (QED) is 0.208. The first kappa shape index (κ1) is 24.3. The highest BCUT2D eigenvalue weighted by Crippen LogP contribution is 2.24. The Hall–Kier alpha value is -4.32. The number of non-ortho nitro benzene ring substituents is 1. The number of hydrogen-bond donors (Lipinski definition) is 1. The second kappa shape index (κ2) is 10.1. The second-order valence-corrected chi connectivity index (χ2v) is 8.44. The van der Waals surface area contributed by atoms with Crippen molar-refractivity contribution in [1.29, 1.82) is 0 Å². The number of rotatable bonds is 9. The normalized spacial score (nSPS) is 10.9. The molecule has 0 aliphatic carbocycles. The number of nitrogens with zero attached hydrogens (tertiary/aromatic N) is 1. The number of nitro groups is 1. The lowest BCUT2D eigenvalue weighted by Crippen LogP contribution is -2.18. The van der Waals surface area contributed by atoms with Crippen molar-refractivity contribution in [2.24, 2.45) is 0 Å². The number of carbonyl (C=O) groups excluding carboxylic acids is 2. The van der Waals surface area contributed by atoms with Gasteiger partial charge in [-0.2, -0.15) is 0 Å². The number of ether oxygens (including phenoxy) is 2. The number of nitro benzene ring substituents is 1. The smallest absolute Gasteiger partial charge is 0.340 e. The molecule has 0 saturated heterocycles. The first-order chi connectivity index (χ1) is 16.1. The first-order valence-electron chi connectivity index (χ1n) is 9.52. The number of nitrogens with one attached hydrogen (secondary N) is 1. The second-order valence-electron chi connectivity index (χ2n) is 6.75. The molecule has 0 fully saturated rings. The van der Waals surface area contributed by atoms with Crippen LogP contribution in [0.15, 0.2) is 71.6 Å². The van der Waals surface area contributed by atoms with Crippen LogP contribution in [-0.4, -0.2) is 38.8 Å². The van der Waals surface area contributed by atoms with Crippen molar-refractivity contribution in [3.05, 3.63) is 93.8 Å². The zero-order chi connectivity index (χ0) is 24.9. The maximum absolute atomic E-state index is 13.8. The number of esters is 1. The number of sulfonamides is 1. The molecule has 0 unspecified atom stereocenters. The summed E-state index contributed by atoms with van der Waals surface area (Å²) in [6.07, 6.45) is 0. The van der Waals surface area contributed by atoms with Crippen LogP contribution >= 0.6 is 0 Å². The van der Waals surface area contributed by atoms with Crippen LogP contribution < -0.4 is 9.46 Å². The van der Waals surface area contributed by atoms with E-state index in [4.69, 9.17) is 9.47 Å². The lowest BCUT2D eigenvalue weighted by atomic mass is 10.1. The van der Waals surface area contributed by atoms with Gasteiger partial charge in [0.2, 0.25) is 0 Å². The van der Waals surface area contributed by atoms with Crippen LogP contribution in [0.4, 0.5) is 15.8 Å². The molecule has 176 valence electrons. The van der Waals surface area contributed by atoms with Gasteiger partial charge in [0.1, 0.15) is 0 Å². The van der Waals surface area contributed by atoms with Crippen LogP contribution in [0, 0.1) is 15.9 Å². The van der Waals surface area contributed by atoms with Gasteiger partial charge in [0.25, 0.3) is 15.7 Å². The molecule has 0 aliphatic rings. The van der Waals surface area contributed by atoms with E-state index in [0.29, 0.717) is 0 Å². The highest BCUT2D eigenvalue weighted by atomic mass is 32.2. The number of anilines is 1. The number of ketones is 1. The minimum absolute atomic E-state index is 0.0502. The summed E-state index contributed by atoms with van der Waals surface area (Å²) in [4.78, 5) is 34.6. The zero-order valence-corrected chi connectivity index (χ0v) is 18.4. The largest absolute Gasteiger partial charge is 0.494 e. The number of methoxy groups -OCH3 is 1. The summed E-state index contributed by atoms with van der Waals surface area (Å²) >= 11 is 0. The SMILES string of the molecule is COc1ccc(C(=O)COC(=O)c2ccccc2NS(=O)(=O)c2cccc([N+](=O)[O-])c2)cc1F. The molecule has 12 heteroatoms. The molecule has 3 aromatic carbocycles. The summed E-state index contributed by atoms with van der Waals surface area (Å²) in [6.45, 7) is -0.726. The van der Waals surface area contributed by atoms with Gasteiger partial charge in [0.05, 0.1) is 28.2 Å². The summed E-state index contributed by atoms with van der Waals surface area (Å²) in [5.41, 5.74) is -0.845. The molecule has 0 atom stereocenters. The lowest BCUT2D eigenvalue weighted by Gasteiger charge is -2.12. The third-order valence-corrected chi connectivity index (χ3v) is 5.90. The molecule has 1 N–H and O–H groups in total. The van der Waals surface area contributed by atoms with E-state index in [9.17, 15) is 32.5 Å². The van der Waals surface area contributed by atoms with Gasteiger partial charge >= 0.3 is 5.97 Å². The number of carbonyl (C=O) groups is 2. The Labute approximate surface area is 193 Å². The van der Waals surface area contributed by atoms with Crippen LogP contribution in [0.5, 0.6) is 5.75 Å². The maximum Gasteiger partial charge on any atom is 0.340 e. The van der Waals surface area contributed by atoms with Gasteiger partial charge in [-0.15, -0.1) is 0 Å². The number of hydrogen-bond acceptors (Lipinski definition) is 8. The molecule has 3 rings (SSSR count). The van der Waals surface area contributed by atoms with E-state index in [1.165, 1.54) is 49.6 Å². The molecular weight excluding hydrogens is 471 g/mol. The van der Waals surface area contributed by atoms with Crippen molar-refractivity contribution in [2.45, 2.75) is 4.90 Å². The van der Waals surface area contributed by atoms with Crippen molar-refractivity contribution in [3.63, 3.8) is 0 Å². The van der Waals surface area contributed by atoms with E-state index in [1.807, 2.05) is 0 Å². The van der Waals surface area contributed by atoms with E-state index in [-0.39, 0.29) is 27.5 Å². The van der Waals surface area contributed by atoms with E-state index < -0.39 is 44.8 Å². The van der Waals surface area contributed by atoms with Gasteiger partial charge in [-0.3, -0.25) is 19.6 Å². The molecule has 0 bridgehead atoms. The van der Waals surface area contributed by atoms with Crippen molar-refractivity contribution in [2.75, 3.05) is 18.4 Å². The summed E-state index contributed by atoms with van der Waals surface area (Å²) < 4.78 is 51.2. The van der Waals surface area contributed by atoms with Crippen LogP contribution in [0.2, 0.25) is 0 Å². The predicted molar refractivity (Wildman–Crippen MR) is 118 cm³/mol. The summed E-state index contributed by atoms with van der Waals surface area (Å²) in [5.74, 6) is -2.52. The first-order valence-corrected chi connectivity index (χ1v) is 11.0. The number of para-hydroxylation sites is 1. The molecule has 0 aliphatic heterocycles. The summed E-state index contributed by atoms with van der Waals surface area (Å²) in [5, 5.41) is 10.9. The van der Waals surface area contributed by atoms with Crippen molar-refractivity contribution >= 4 is 33.2 Å². The van der Waals surface area contributed by atoms with Gasteiger partial charge in [0.15, 0.2) is 24.0 Å². The highest BCUT2D eigenvalue weighted by molar-refractivity contribution is 7.92. The van der Waals surface area contributed by atoms with Crippen LogP contribution in [0.3, 0.4) is 0 Å². The Morgan fingerprint density at radius 3 is 2.47 bits per heavy atom. The minimum Gasteiger partial charge on any atom is -0.494 e. The fourth-order valence-corrected chi connectivity index (χ4v) is 3.97. The molecule has 0 spiro atoms. The summed E-state index contributed by atoms with van der Waals surface area (Å²) in [6, 6.07) is 13.3. The standard InChI is InChI=1S/C22H17FN2O8S/c1-32-21-10-9-14(11-18(21)23)20(26)13-33-22(27)17-7-2-3-8-19(17)24-34(30,31)16-6-4-5-15(12-16)25(28)29/h2-12,24H,13H2,1H3. The average Bonchev–Trinajstić information content (AvgIpc) is 2.82. The predicted octanol–water partition coefficient (Wildman–Crippen LogP) is 3.58. The fraction of sp³-hybridized carbons (Fsp3) is 0.0909.